The Kier molecular flexibility index (Phi) is 2.61. The van der Waals surface area contributed by atoms with Crippen LogP contribution in [0.4, 0.5) is 0 Å². The number of rotatable bonds is 1. The van der Waals surface area contributed by atoms with E-state index in [0.717, 1.165) is 18.5 Å². The molecule has 16 heavy (non-hydrogen) atoms. The highest BCUT2D eigenvalue weighted by Crippen LogP contribution is 2.49. The fourth-order valence-corrected chi connectivity index (χ4v) is 3.66. The van der Waals surface area contributed by atoms with Gasteiger partial charge in [0.2, 0.25) is 0 Å². The molecular weight excluding hydrogens is 198 g/mol. The van der Waals surface area contributed by atoms with E-state index in [2.05, 4.69) is 0 Å². The molecule has 1 heterocycles. The molecule has 2 aliphatic carbocycles. The van der Waals surface area contributed by atoms with E-state index < -0.39 is 0 Å². The molecule has 2 nitrogen and oxygen atoms in total. The molecule has 2 heteroatoms. The summed E-state index contributed by atoms with van der Waals surface area (Å²) >= 11 is 0. The summed E-state index contributed by atoms with van der Waals surface area (Å²) in [5.74, 6) is 1.84. The maximum atomic E-state index is 6.32. The molecule has 0 radical (unpaired) electrons. The Bertz CT molecular complexity index is 296. The minimum atomic E-state index is -0.00890. The smallest absolute Gasteiger partial charge is 0.151 e. The third-order valence-corrected chi connectivity index (χ3v) is 4.70. The fourth-order valence-electron chi connectivity index (χ4n) is 3.66. The quantitative estimate of drug-likeness (QED) is 0.736. The molecule has 0 bridgehead atoms. The van der Waals surface area contributed by atoms with Crippen molar-refractivity contribution in [3.05, 3.63) is 11.5 Å². The predicted octanol–water partition coefficient (Wildman–Crippen LogP) is 3.47. The average Bonchev–Trinajstić information content (AvgIpc) is 2.38. The van der Waals surface area contributed by atoms with Crippen LogP contribution in [0.1, 0.15) is 64.2 Å². The summed E-state index contributed by atoms with van der Waals surface area (Å²) in [5.41, 5.74) is 7.43. The van der Waals surface area contributed by atoms with Gasteiger partial charge in [-0.15, -0.1) is 0 Å². The molecule has 3 rings (SSSR count). The van der Waals surface area contributed by atoms with Crippen molar-refractivity contribution in [3.63, 3.8) is 0 Å². The van der Waals surface area contributed by atoms with E-state index in [0.29, 0.717) is 5.92 Å². The molecule has 0 aromatic carbocycles. The van der Waals surface area contributed by atoms with Gasteiger partial charge >= 0.3 is 0 Å². The summed E-state index contributed by atoms with van der Waals surface area (Å²) in [6.07, 6.45) is 13.0. The lowest BCUT2D eigenvalue weighted by atomic mass is 9.75. The molecule has 0 atom stereocenters. The van der Waals surface area contributed by atoms with Gasteiger partial charge in [0.1, 0.15) is 5.76 Å². The lowest BCUT2D eigenvalue weighted by molar-refractivity contribution is -0.0687. The number of ether oxygens (including phenoxy) is 1. The number of hydrogen-bond acceptors (Lipinski definition) is 2. The summed E-state index contributed by atoms with van der Waals surface area (Å²) in [5, 5.41) is 0. The lowest BCUT2D eigenvalue weighted by Gasteiger charge is -2.49. The van der Waals surface area contributed by atoms with Crippen LogP contribution >= 0.6 is 0 Å². The van der Waals surface area contributed by atoms with Gasteiger partial charge in [-0.05, 0) is 38.5 Å². The van der Waals surface area contributed by atoms with Crippen molar-refractivity contribution < 1.29 is 4.74 Å². The van der Waals surface area contributed by atoms with Gasteiger partial charge in [-0.1, -0.05) is 25.7 Å². The zero-order chi connectivity index (χ0) is 11.0. The van der Waals surface area contributed by atoms with Crippen molar-refractivity contribution in [2.75, 3.05) is 0 Å². The zero-order valence-corrected chi connectivity index (χ0v) is 10.1. The first-order chi connectivity index (χ1) is 7.82. The minimum Gasteiger partial charge on any atom is -0.483 e. The standard InChI is InChI=1S/C14H23NO/c15-13-12(11-7-3-1-4-8-11)16-14(13)9-5-2-6-10-14/h11H,1-10,15H2. The zero-order valence-electron chi connectivity index (χ0n) is 10.1. The van der Waals surface area contributed by atoms with E-state index in [4.69, 9.17) is 10.5 Å². The Morgan fingerprint density at radius 3 is 2.19 bits per heavy atom. The topological polar surface area (TPSA) is 35.2 Å². The van der Waals surface area contributed by atoms with Crippen LogP contribution in [0.15, 0.2) is 11.5 Å². The summed E-state index contributed by atoms with van der Waals surface area (Å²) in [7, 11) is 0. The van der Waals surface area contributed by atoms with Crippen LogP contribution in [0.3, 0.4) is 0 Å². The maximum absolute atomic E-state index is 6.32. The Labute approximate surface area is 98.2 Å². The van der Waals surface area contributed by atoms with Crippen molar-refractivity contribution in [3.8, 4) is 0 Å². The number of nitrogens with two attached hydrogens (primary N) is 1. The second-order valence-corrected chi connectivity index (χ2v) is 5.77. The summed E-state index contributed by atoms with van der Waals surface area (Å²) in [6.45, 7) is 0. The first kappa shape index (κ1) is 10.5. The van der Waals surface area contributed by atoms with E-state index >= 15 is 0 Å². The monoisotopic (exact) mass is 221 g/mol. The average molecular weight is 221 g/mol. The molecule has 1 spiro atoms. The highest BCUT2D eigenvalue weighted by molar-refractivity contribution is 5.30. The Balaban J connectivity index is 1.72. The van der Waals surface area contributed by atoms with E-state index in [1.807, 2.05) is 0 Å². The first-order valence-corrected chi connectivity index (χ1v) is 7.01. The Hall–Kier alpha value is -0.660. The lowest BCUT2D eigenvalue weighted by Crippen LogP contribution is -2.50. The molecule has 2 N–H and O–H groups in total. The molecule has 0 saturated heterocycles. The van der Waals surface area contributed by atoms with Crippen molar-refractivity contribution in [1.29, 1.82) is 0 Å². The van der Waals surface area contributed by atoms with E-state index in [-0.39, 0.29) is 5.60 Å². The van der Waals surface area contributed by atoms with Crippen LogP contribution in [0.2, 0.25) is 0 Å². The van der Waals surface area contributed by atoms with Crippen molar-refractivity contribution in [2.24, 2.45) is 11.7 Å². The van der Waals surface area contributed by atoms with Crippen LogP contribution in [0.25, 0.3) is 0 Å². The van der Waals surface area contributed by atoms with Crippen LogP contribution in [0.5, 0.6) is 0 Å². The normalized spacial score (nSPS) is 30.0. The van der Waals surface area contributed by atoms with Crippen LogP contribution in [0, 0.1) is 5.92 Å². The Morgan fingerprint density at radius 2 is 1.56 bits per heavy atom. The SMILES string of the molecule is NC1=C(C2CCCCC2)OC12CCCCC2. The molecule has 1 aliphatic heterocycles. The summed E-state index contributed by atoms with van der Waals surface area (Å²) in [4.78, 5) is 0. The molecule has 2 saturated carbocycles. The molecule has 0 amide bonds. The maximum Gasteiger partial charge on any atom is 0.151 e. The molecular formula is C14H23NO. The second-order valence-electron chi connectivity index (χ2n) is 5.77. The molecule has 0 aromatic heterocycles. The first-order valence-electron chi connectivity index (χ1n) is 7.01. The predicted molar refractivity (Wildman–Crippen MR) is 64.7 cm³/mol. The highest BCUT2D eigenvalue weighted by Gasteiger charge is 2.48. The molecule has 90 valence electrons. The third-order valence-electron chi connectivity index (χ3n) is 4.70. The largest absolute Gasteiger partial charge is 0.483 e. The van der Waals surface area contributed by atoms with E-state index in [1.165, 1.54) is 57.1 Å². The second kappa shape index (κ2) is 3.97. The minimum absolute atomic E-state index is 0.00890. The van der Waals surface area contributed by atoms with Gasteiger partial charge in [0.25, 0.3) is 0 Å². The summed E-state index contributed by atoms with van der Waals surface area (Å²) in [6, 6.07) is 0. The molecule has 0 aromatic rings. The van der Waals surface area contributed by atoms with Crippen molar-refractivity contribution in [1.82, 2.24) is 0 Å². The van der Waals surface area contributed by atoms with Gasteiger partial charge in [-0.2, -0.15) is 0 Å². The molecule has 0 unspecified atom stereocenters. The van der Waals surface area contributed by atoms with E-state index in [9.17, 15) is 0 Å². The van der Waals surface area contributed by atoms with Crippen LogP contribution < -0.4 is 5.73 Å². The van der Waals surface area contributed by atoms with E-state index in [1.54, 1.807) is 0 Å². The summed E-state index contributed by atoms with van der Waals surface area (Å²) < 4.78 is 6.17. The van der Waals surface area contributed by atoms with Gasteiger partial charge in [0.05, 0.1) is 5.70 Å². The van der Waals surface area contributed by atoms with Gasteiger partial charge < -0.3 is 10.5 Å². The van der Waals surface area contributed by atoms with Gasteiger partial charge in [-0.3, -0.25) is 0 Å². The Morgan fingerprint density at radius 1 is 0.938 bits per heavy atom. The van der Waals surface area contributed by atoms with Crippen LogP contribution in [-0.2, 0) is 4.74 Å². The van der Waals surface area contributed by atoms with Gasteiger partial charge in [0, 0.05) is 5.92 Å². The highest BCUT2D eigenvalue weighted by atomic mass is 16.5. The number of hydrogen-bond donors (Lipinski definition) is 1. The third kappa shape index (κ3) is 1.54. The van der Waals surface area contributed by atoms with Crippen LogP contribution in [-0.4, -0.2) is 5.60 Å². The molecule has 2 fully saturated rings. The fraction of sp³-hybridized carbons (Fsp3) is 0.857. The van der Waals surface area contributed by atoms with Crippen molar-refractivity contribution in [2.45, 2.75) is 69.8 Å². The van der Waals surface area contributed by atoms with Gasteiger partial charge in [-0.25, -0.2) is 0 Å². The van der Waals surface area contributed by atoms with Crippen molar-refractivity contribution >= 4 is 0 Å². The molecule has 3 aliphatic rings. The van der Waals surface area contributed by atoms with Gasteiger partial charge in [0.15, 0.2) is 5.60 Å². The number of allylic oxidation sites excluding steroid dienone is 1.